The highest BCUT2D eigenvalue weighted by molar-refractivity contribution is 6.73. The Morgan fingerprint density at radius 3 is 1.80 bits per heavy atom. The summed E-state index contributed by atoms with van der Waals surface area (Å²) >= 11 is 0. The van der Waals surface area contributed by atoms with Gasteiger partial charge in [0.25, 0.3) is 0 Å². The van der Waals surface area contributed by atoms with Crippen molar-refractivity contribution in [1.82, 2.24) is 0 Å². The molecule has 1 aromatic heterocycles. The van der Waals surface area contributed by atoms with Gasteiger partial charge >= 0.3 is 19.3 Å². The van der Waals surface area contributed by atoms with Gasteiger partial charge in [-0.15, -0.1) is 5.46 Å². The summed E-state index contributed by atoms with van der Waals surface area (Å²) in [5.41, 5.74) is -4.99. The third-order valence-corrected chi connectivity index (χ3v) is 4.44. The van der Waals surface area contributed by atoms with Crippen molar-refractivity contribution in [1.29, 1.82) is 5.26 Å². The molecule has 0 saturated carbocycles. The predicted octanol–water partition coefficient (Wildman–Crippen LogP) is 5.51. The zero-order valence-electron chi connectivity index (χ0n) is 17.4. The molecule has 0 bridgehead atoms. The van der Waals surface area contributed by atoms with E-state index in [9.17, 15) is 44.1 Å². The molecule has 0 amide bonds. The lowest BCUT2D eigenvalue weighted by Gasteiger charge is -2.19. The van der Waals surface area contributed by atoms with Crippen LogP contribution in [0.2, 0.25) is 0 Å². The van der Waals surface area contributed by atoms with Gasteiger partial charge in [-0.1, -0.05) is 30.3 Å². The maximum atomic E-state index is 12.3. The number of benzene rings is 2. The minimum absolute atomic E-state index is 0.0571. The standard InChI is InChI=1S/C14H11N2O.C8H3BF9/c15-10-12-6-2-3-7-13(12)14(17)11-16-8-4-1-5-9-16;10-7(11,12)4-1-5(8(13,14)15)3-6(2-4)9(16,17)18/h1-9H,11H2;1-3H/q+1;-1. The van der Waals surface area contributed by atoms with E-state index < -0.39 is 35.9 Å². The number of carbonyl (C=O) groups is 1. The van der Waals surface area contributed by atoms with Crippen LogP contribution in [0.5, 0.6) is 0 Å². The minimum Gasteiger partial charge on any atom is -0.445 e. The molecule has 0 radical (unpaired) electrons. The van der Waals surface area contributed by atoms with Gasteiger partial charge in [-0.3, -0.25) is 4.79 Å². The van der Waals surface area contributed by atoms with Crippen LogP contribution in [0.3, 0.4) is 0 Å². The van der Waals surface area contributed by atoms with E-state index in [-0.39, 0.29) is 30.5 Å². The van der Waals surface area contributed by atoms with Crippen molar-refractivity contribution in [3.63, 3.8) is 0 Å². The molecule has 13 heteroatoms. The van der Waals surface area contributed by atoms with Gasteiger partial charge in [0.05, 0.1) is 22.8 Å². The first kappa shape index (κ1) is 27.4. The molecule has 0 aliphatic rings. The lowest BCUT2D eigenvalue weighted by molar-refractivity contribution is -0.683. The highest BCUT2D eigenvalue weighted by Gasteiger charge is 2.39. The average Bonchev–Trinajstić information content (AvgIpc) is 2.78. The fraction of sp³-hybridized carbons (Fsp3) is 0.136. The number of alkyl halides is 6. The SMILES string of the molecule is F[B-](F)(F)c1cc(C(F)(F)F)cc(C(F)(F)F)c1.N#Cc1ccccc1C(=O)C[n+]1ccccc1. The van der Waals surface area contributed by atoms with Gasteiger partial charge in [-0.2, -0.15) is 36.2 Å². The Labute approximate surface area is 193 Å². The van der Waals surface area contributed by atoms with E-state index in [4.69, 9.17) is 5.26 Å². The van der Waals surface area contributed by atoms with Crippen molar-refractivity contribution in [3.8, 4) is 6.07 Å². The van der Waals surface area contributed by atoms with E-state index in [1.807, 2.05) is 36.7 Å². The first-order valence-electron chi connectivity index (χ1n) is 9.58. The molecule has 0 aliphatic carbocycles. The number of halogens is 9. The molecular formula is C22H14BF9N2O. The Morgan fingerprint density at radius 1 is 0.829 bits per heavy atom. The zero-order valence-corrected chi connectivity index (χ0v) is 17.4. The van der Waals surface area contributed by atoms with Gasteiger partial charge in [0.1, 0.15) is 0 Å². The van der Waals surface area contributed by atoms with Crippen molar-refractivity contribution in [3.05, 3.63) is 95.3 Å². The van der Waals surface area contributed by atoms with E-state index in [1.165, 1.54) is 0 Å². The monoisotopic (exact) mass is 504 g/mol. The van der Waals surface area contributed by atoms with Gasteiger partial charge < -0.3 is 12.9 Å². The van der Waals surface area contributed by atoms with Gasteiger partial charge in [-0.25, -0.2) is 0 Å². The molecule has 3 nitrogen and oxygen atoms in total. The fourth-order valence-corrected chi connectivity index (χ4v) is 2.78. The van der Waals surface area contributed by atoms with Gasteiger partial charge in [0, 0.05) is 17.7 Å². The van der Waals surface area contributed by atoms with E-state index in [1.54, 1.807) is 28.8 Å². The number of Topliss-reactive ketones (excluding diaryl/α,β-unsaturated/α-hetero) is 1. The Balaban J connectivity index is 0.000000247. The van der Waals surface area contributed by atoms with E-state index >= 15 is 0 Å². The Bertz CT molecular complexity index is 1140. The highest BCUT2D eigenvalue weighted by atomic mass is 19.4. The molecule has 3 rings (SSSR count). The second-order valence-corrected chi connectivity index (χ2v) is 7.04. The molecule has 0 aliphatic heterocycles. The van der Waals surface area contributed by atoms with Crippen molar-refractivity contribution in [2.75, 3.05) is 0 Å². The van der Waals surface area contributed by atoms with Crippen molar-refractivity contribution < 1.29 is 48.7 Å². The third kappa shape index (κ3) is 7.87. The molecule has 3 aromatic rings. The second-order valence-electron chi connectivity index (χ2n) is 7.04. The summed E-state index contributed by atoms with van der Waals surface area (Å²) in [7, 11) is 0. The van der Waals surface area contributed by atoms with Crippen molar-refractivity contribution in [2.24, 2.45) is 0 Å². The van der Waals surface area contributed by atoms with Crippen LogP contribution in [-0.2, 0) is 18.9 Å². The minimum atomic E-state index is -5.95. The largest absolute Gasteiger partial charge is 0.509 e. The quantitative estimate of drug-likeness (QED) is 0.204. The van der Waals surface area contributed by atoms with Gasteiger partial charge in [0.2, 0.25) is 12.3 Å². The molecule has 0 unspecified atom stereocenters. The molecule has 0 fully saturated rings. The van der Waals surface area contributed by atoms with Crippen molar-refractivity contribution in [2.45, 2.75) is 18.9 Å². The van der Waals surface area contributed by atoms with Crippen LogP contribution in [-0.4, -0.2) is 12.8 Å². The molecule has 0 spiro atoms. The molecule has 35 heavy (non-hydrogen) atoms. The fourth-order valence-electron chi connectivity index (χ4n) is 2.78. The van der Waals surface area contributed by atoms with Crippen LogP contribution in [0.1, 0.15) is 27.0 Å². The lowest BCUT2D eigenvalue weighted by atomic mass is 9.78. The first-order chi connectivity index (χ1) is 16.1. The van der Waals surface area contributed by atoms with Gasteiger partial charge in [-0.05, 0) is 18.2 Å². The normalized spacial score (nSPS) is 11.8. The summed E-state index contributed by atoms with van der Waals surface area (Å²) in [4.78, 5) is 12.0. The smallest absolute Gasteiger partial charge is 0.445 e. The summed E-state index contributed by atoms with van der Waals surface area (Å²) in [5, 5.41) is 8.92. The average molecular weight is 504 g/mol. The topological polar surface area (TPSA) is 44.7 Å². The number of hydrogen-bond donors (Lipinski definition) is 0. The predicted molar refractivity (Wildman–Crippen MR) is 107 cm³/mol. The van der Waals surface area contributed by atoms with E-state index in [0.717, 1.165) is 0 Å². The molecule has 1 heterocycles. The van der Waals surface area contributed by atoms with E-state index in [0.29, 0.717) is 11.1 Å². The second kappa shape index (κ2) is 10.6. The molecular weight excluding hydrogens is 490 g/mol. The van der Waals surface area contributed by atoms with Crippen LogP contribution >= 0.6 is 0 Å². The molecule has 184 valence electrons. The molecule has 0 N–H and O–H groups in total. The number of ketones is 1. The first-order valence-corrected chi connectivity index (χ1v) is 9.58. The Hall–Kier alpha value is -3.82. The molecule has 2 aromatic carbocycles. The number of nitriles is 1. The third-order valence-electron chi connectivity index (χ3n) is 4.44. The lowest BCUT2D eigenvalue weighted by Crippen LogP contribution is -2.37. The van der Waals surface area contributed by atoms with Crippen LogP contribution in [0.4, 0.5) is 39.3 Å². The summed E-state index contributed by atoms with van der Waals surface area (Å²) in [6.45, 7) is -5.70. The number of hydrogen-bond acceptors (Lipinski definition) is 2. The molecule has 0 atom stereocenters. The number of aromatic nitrogens is 1. The van der Waals surface area contributed by atoms with Crippen LogP contribution in [0.25, 0.3) is 0 Å². The van der Waals surface area contributed by atoms with Crippen molar-refractivity contribution >= 4 is 18.2 Å². The number of pyridine rings is 1. The summed E-state index contributed by atoms with van der Waals surface area (Å²) in [6.07, 6.45) is -6.91. The Kier molecular flexibility index (Phi) is 8.33. The highest BCUT2D eigenvalue weighted by Crippen LogP contribution is 2.35. The van der Waals surface area contributed by atoms with Crippen LogP contribution < -0.4 is 10.0 Å². The summed E-state index contributed by atoms with van der Waals surface area (Å²) < 4.78 is 112. The number of rotatable bonds is 4. The van der Waals surface area contributed by atoms with Gasteiger partial charge in [0.15, 0.2) is 12.4 Å². The zero-order chi connectivity index (χ0) is 26.4. The summed E-state index contributed by atoms with van der Waals surface area (Å²) in [6, 6.07) is 13.5. The number of carbonyl (C=O) groups excluding carboxylic acids is 1. The Morgan fingerprint density at radius 2 is 1.34 bits per heavy atom. The van der Waals surface area contributed by atoms with Crippen LogP contribution in [0, 0.1) is 11.3 Å². The number of nitrogens with zero attached hydrogens (tertiary/aromatic N) is 2. The van der Waals surface area contributed by atoms with E-state index in [2.05, 4.69) is 0 Å². The maximum Gasteiger partial charge on any atom is 0.509 e. The maximum absolute atomic E-state index is 12.3. The summed E-state index contributed by atoms with van der Waals surface area (Å²) in [5.74, 6) is -0.0571. The molecule has 0 saturated heterocycles. The van der Waals surface area contributed by atoms with Crippen LogP contribution in [0.15, 0.2) is 73.1 Å².